The SMILES string of the molecule is C=CCc1cc(CN2CCC(C(=O)c3ccccc3)CC2)c(O)c(OC)c1. The van der Waals surface area contributed by atoms with Gasteiger partial charge in [-0.2, -0.15) is 0 Å². The Morgan fingerprint density at radius 3 is 2.59 bits per heavy atom. The van der Waals surface area contributed by atoms with Crippen LogP contribution in [0.3, 0.4) is 0 Å². The number of ether oxygens (including phenoxy) is 1. The van der Waals surface area contributed by atoms with E-state index in [-0.39, 0.29) is 17.5 Å². The molecule has 0 bridgehead atoms. The summed E-state index contributed by atoms with van der Waals surface area (Å²) in [5, 5.41) is 10.5. The van der Waals surface area contributed by atoms with Crippen LogP contribution in [0.4, 0.5) is 0 Å². The third-order valence-electron chi connectivity index (χ3n) is 5.22. The monoisotopic (exact) mass is 365 g/mol. The zero-order chi connectivity index (χ0) is 19.2. The average Bonchev–Trinajstić information content (AvgIpc) is 2.71. The maximum Gasteiger partial charge on any atom is 0.166 e. The Labute approximate surface area is 161 Å². The van der Waals surface area contributed by atoms with Crippen molar-refractivity contribution in [2.75, 3.05) is 20.2 Å². The number of hydrogen-bond acceptors (Lipinski definition) is 4. The van der Waals surface area contributed by atoms with E-state index in [0.717, 1.165) is 49.0 Å². The summed E-state index contributed by atoms with van der Waals surface area (Å²) in [7, 11) is 1.57. The van der Waals surface area contributed by atoms with Crippen LogP contribution in [0.15, 0.2) is 55.1 Å². The molecule has 0 atom stereocenters. The topological polar surface area (TPSA) is 49.8 Å². The molecule has 1 fully saturated rings. The van der Waals surface area contributed by atoms with Crippen LogP contribution >= 0.6 is 0 Å². The second kappa shape index (κ2) is 8.87. The van der Waals surface area contributed by atoms with Crippen molar-refractivity contribution in [3.63, 3.8) is 0 Å². The molecular weight excluding hydrogens is 338 g/mol. The first-order chi connectivity index (χ1) is 13.1. The van der Waals surface area contributed by atoms with Crippen molar-refractivity contribution in [1.29, 1.82) is 0 Å². The van der Waals surface area contributed by atoms with Gasteiger partial charge in [-0.3, -0.25) is 9.69 Å². The van der Waals surface area contributed by atoms with E-state index in [1.165, 1.54) is 0 Å². The van der Waals surface area contributed by atoms with Gasteiger partial charge in [-0.25, -0.2) is 0 Å². The summed E-state index contributed by atoms with van der Waals surface area (Å²) in [4.78, 5) is 14.9. The van der Waals surface area contributed by atoms with Gasteiger partial charge in [0.1, 0.15) is 0 Å². The Bertz CT molecular complexity index is 793. The average molecular weight is 365 g/mol. The van der Waals surface area contributed by atoms with Crippen molar-refractivity contribution in [2.24, 2.45) is 5.92 Å². The predicted molar refractivity (Wildman–Crippen MR) is 107 cm³/mol. The lowest BCUT2D eigenvalue weighted by atomic mass is 9.88. The number of carbonyl (C=O) groups excluding carboxylic acids is 1. The number of hydrogen-bond donors (Lipinski definition) is 1. The lowest BCUT2D eigenvalue weighted by Crippen LogP contribution is -2.36. The Morgan fingerprint density at radius 2 is 1.96 bits per heavy atom. The molecule has 1 aliphatic heterocycles. The molecule has 1 N–H and O–H groups in total. The van der Waals surface area contributed by atoms with Crippen molar-refractivity contribution in [2.45, 2.75) is 25.8 Å². The van der Waals surface area contributed by atoms with Crippen LogP contribution in [0, 0.1) is 5.92 Å². The molecule has 4 nitrogen and oxygen atoms in total. The number of aromatic hydroxyl groups is 1. The quantitative estimate of drug-likeness (QED) is 0.589. The van der Waals surface area contributed by atoms with Gasteiger partial charge in [0.2, 0.25) is 0 Å². The molecule has 0 unspecified atom stereocenters. The number of phenols is 1. The molecule has 0 spiro atoms. The number of piperidine rings is 1. The first-order valence-electron chi connectivity index (χ1n) is 9.43. The summed E-state index contributed by atoms with van der Waals surface area (Å²) in [6.45, 7) is 6.12. The molecule has 2 aromatic carbocycles. The number of carbonyl (C=O) groups is 1. The fourth-order valence-corrected chi connectivity index (χ4v) is 3.72. The highest BCUT2D eigenvalue weighted by atomic mass is 16.5. The molecule has 0 aromatic heterocycles. The molecular formula is C23H27NO3. The lowest BCUT2D eigenvalue weighted by molar-refractivity contribution is 0.0834. The summed E-state index contributed by atoms with van der Waals surface area (Å²) in [5.41, 5.74) is 2.73. The number of allylic oxidation sites excluding steroid dienone is 1. The van der Waals surface area contributed by atoms with E-state index in [9.17, 15) is 9.90 Å². The number of benzene rings is 2. The van der Waals surface area contributed by atoms with Crippen LogP contribution in [0.25, 0.3) is 0 Å². The van der Waals surface area contributed by atoms with Gasteiger partial charge in [-0.05, 0) is 44.0 Å². The summed E-state index contributed by atoms with van der Waals surface area (Å²) < 4.78 is 5.31. The highest BCUT2D eigenvalue weighted by Gasteiger charge is 2.26. The van der Waals surface area contributed by atoms with Crippen LogP contribution in [-0.2, 0) is 13.0 Å². The van der Waals surface area contributed by atoms with Crippen molar-refractivity contribution >= 4 is 5.78 Å². The third kappa shape index (κ3) is 4.58. The molecule has 1 heterocycles. The van der Waals surface area contributed by atoms with Crippen molar-refractivity contribution in [3.05, 3.63) is 71.8 Å². The second-order valence-electron chi connectivity index (χ2n) is 7.08. The number of ketones is 1. The molecule has 27 heavy (non-hydrogen) atoms. The van der Waals surface area contributed by atoms with E-state index in [1.54, 1.807) is 7.11 Å². The minimum absolute atomic E-state index is 0.0823. The summed E-state index contributed by atoms with van der Waals surface area (Å²) in [6.07, 6.45) is 4.27. The van der Waals surface area contributed by atoms with Crippen LogP contribution < -0.4 is 4.74 Å². The highest BCUT2D eigenvalue weighted by molar-refractivity contribution is 5.97. The fourth-order valence-electron chi connectivity index (χ4n) is 3.72. The number of likely N-dealkylation sites (tertiary alicyclic amines) is 1. The molecule has 0 radical (unpaired) electrons. The van der Waals surface area contributed by atoms with Gasteiger partial charge in [-0.15, -0.1) is 6.58 Å². The summed E-state index contributed by atoms with van der Waals surface area (Å²) in [6, 6.07) is 13.4. The minimum atomic E-state index is 0.0823. The summed E-state index contributed by atoms with van der Waals surface area (Å²) in [5.74, 6) is 1.03. The number of nitrogens with zero attached hydrogens (tertiary/aromatic N) is 1. The van der Waals surface area contributed by atoms with Gasteiger partial charge >= 0.3 is 0 Å². The molecule has 2 aromatic rings. The number of Topliss-reactive ketones (excluding diaryl/α,β-unsaturated/α-hetero) is 1. The molecule has 142 valence electrons. The van der Waals surface area contributed by atoms with Gasteiger partial charge in [0.25, 0.3) is 0 Å². The normalized spacial score (nSPS) is 15.4. The Hall–Kier alpha value is -2.59. The number of methoxy groups -OCH3 is 1. The standard InChI is InChI=1S/C23H27NO3/c1-3-7-17-14-20(23(26)21(15-17)27-2)16-24-12-10-19(11-13-24)22(25)18-8-5-4-6-9-18/h3-6,8-9,14-15,19,26H,1,7,10-13,16H2,2H3. The van der Waals surface area contributed by atoms with Gasteiger partial charge in [0.05, 0.1) is 7.11 Å². The second-order valence-corrected chi connectivity index (χ2v) is 7.08. The first kappa shape index (κ1) is 19.2. The first-order valence-corrected chi connectivity index (χ1v) is 9.43. The Morgan fingerprint density at radius 1 is 1.26 bits per heavy atom. The van der Waals surface area contributed by atoms with Gasteiger partial charge in [0.15, 0.2) is 17.3 Å². The van der Waals surface area contributed by atoms with Crippen LogP contribution in [0.2, 0.25) is 0 Å². The number of phenolic OH excluding ortho intramolecular Hbond substituents is 1. The van der Waals surface area contributed by atoms with E-state index in [0.29, 0.717) is 12.3 Å². The maximum atomic E-state index is 12.6. The molecule has 3 rings (SSSR count). The molecule has 0 aliphatic carbocycles. The Balaban J connectivity index is 1.64. The highest BCUT2D eigenvalue weighted by Crippen LogP contribution is 2.33. The zero-order valence-electron chi connectivity index (χ0n) is 15.9. The van der Waals surface area contributed by atoms with Gasteiger partial charge < -0.3 is 9.84 Å². The van der Waals surface area contributed by atoms with Crippen LogP contribution in [0.5, 0.6) is 11.5 Å². The zero-order valence-corrected chi connectivity index (χ0v) is 15.9. The van der Waals surface area contributed by atoms with E-state index >= 15 is 0 Å². The largest absolute Gasteiger partial charge is 0.504 e. The fraction of sp³-hybridized carbons (Fsp3) is 0.348. The molecule has 1 saturated heterocycles. The van der Waals surface area contributed by atoms with Crippen LogP contribution in [-0.4, -0.2) is 36.0 Å². The third-order valence-corrected chi connectivity index (χ3v) is 5.22. The smallest absolute Gasteiger partial charge is 0.166 e. The summed E-state index contributed by atoms with van der Waals surface area (Å²) >= 11 is 0. The van der Waals surface area contributed by atoms with E-state index < -0.39 is 0 Å². The number of rotatable bonds is 7. The van der Waals surface area contributed by atoms with Gasteiger partial charge in [0, 0.05) is 23.6 Å². The molecule has 4 heteroatoms. The molecule has 0 saturated carbocycles. The van der Waals surface area contributed by atoms with Crippen LogP contribution in [0.1, 0.15) is 34.3 Å². The van der Waals surface area contributed by atoms with E-state index in [4.69, 9.17) is 4.74 Å². The van der Waals surface area contributed by atoms with Crippen molar-refractivity contribution < 1.29 is 14.6 Å². The molecule has 0 amide bonds. The predicted octanol–water partition coefficient (Wildman–Crippen LogP) is 4.22. The van der Waals surface area contributed by atoms with Gasteiger partial charge in [-0.1, -0.05) is 42.5 Å². The Kier molecular flexibility index (Phi) is 6.30. The van der Waals surface area contributed by atoms with Crippen molar-refractivity contribution in [3.8, 4) is 11.5 Å². The van der Waals surface area contributed by atoms with Crippen molar-refractivity contribution in [1.82, 2.24) is 4.90 Å². The lowest BCUT2D eigenvalue weighted by Gasteiger charge is -2.31. The maximum absolute atomic E-state index is 12.6. The van der Waals surface area contributed by atoms with E-state index in [2.05, 4.69) is 11.5 Å². The minimum Gasteiger partial charge on any atom is -0.504 e. The van der Waals surface area contributed by atoms with E-state index in [1.807, 2.05) is 48.5 Å². The molecule has 1 aliphatic rings.